The Kier molecular flexibility index (Phi) is 4.67. The summed E-state index contributed by atoms with van der Waals surface area (Å²) in [4.78, 5) is 7.16. The first-order valence-electron chi connectivity index (χ1n) is 8.12. The number of nitrogens with two attached hydrogens (primary N) is 1. The van der Waals surface area contributed by atoms with Crippen LogP contribution >= 0.6 is 12.4 Å². The number of hydrogen-bond donors (Lipinski definition) is 1. The van der Waals surface area contributed by atoms with Crippen LogP contribution in [0, 0.1) is 11.8 Å². The van der Waals surface area contributed by atoms with E-state index in [1.54, 1.807) is 0 Å². The summed E-state index contributed by atoms with van der Waals surface area (Å²) in [6, 6.07) is 11.1. The van der Waals surface area contributed by atoms with Crippen LogP contribution in [0.5, 0.6) is 0 Å². The summed E-state index contributed by atoms with van der Waals surface area (Å²) >= 11 is 0. The Hall–Kier alpha value is -1.16. The van der Waals surface area contributed by atoms with Crippen LogP contribution in [-0.4, -0.2) is 29.0 Å². The van der Waals surface area contributed by atoms with Crippen molar-refractivity contribution in [2.24, 2.45) is 17.6 Å². The smallest absolute Gasteiger partial charge is 0.0746 e. The lowest BCUT2D eigenvalue weighted by Crippen LogP contribution is -2.38. The molecule has 1 saturated heterocycles. The Balaban J connectivity index is 0.00000144. The maximum Gasteiger partial charge on any atom is 0.0746 e. The van der Waals surface area contributed by atoms with Crippen LogP contribution < -0.4 is 5.73 Å². The predicted molar refractivity (Wildman–Crippen MR) is 93.1 cm³/mol. The molecule has 3 atom stereocenters. The minimum Gasteiger partial charge on any atom is -0.327 e. The summed E-state index contributed by atoms with van der Waals surface area (Å²) in [6.07, 6.45) is 5.78. The molecule has 0 spiro atoms. The van der Waals surface area contributed by atoms with E-state index < -0.39 is 0 Å². The monoisotopic (exact) mass is 317 g/mol. The lowest BCUT2D eigenvalue weighted by molar-refractivity contribution is 0.259. The highest BCUT2D eigenvalue weighted by Gasteiger charge is 2.38. The molecule has 2 fully saturated rings. The standard InChI is InChI=1S/C18H23N3.ClH/c19-17-8-2-5-14-10-21(12-16(14)17)11-15-6-1-4-13-7-3-9-20-18(13)15;/h1,3-4,6-7,9,14,16-17H,2,5,8,10-12,19H2;1H. The van der Waals surface area contributed by atoms with Crippen LogP contribution in [0.3, 0.4) is 0 Å². The molecule has 4 rings (SSSR count). The van der Waals surface area contributed by atoms with Crippen LogP contribution in [0.25, 0.3) is 10.9 Å². The van der Waals surface area contributed by atoms with E-state index in [4.69, 9.17) is 5.73 Å². The van der Waals surface area contributed by atoms with Gasteiger partial charge in [0.15, 0.2) is 0 Å². The maximum absolute atomic E-state index is 6.33. The molecule has 1 aromatic carbocycles. The van der Waals surface area contributed by atoms with Crippen molar-refractivity contribution in [1.29, 1.82) is 0 Å². The van der Waals surface area contributed by atoms with Crippen molar-refractivity contribution >= 4 is 23.3 Å². The maximum atomic E-state index is 6.33. The van der Waals surface area contributed by atoms with E-state index in [0.29, 0.717) is 12.0 Å². The highest BCUT2D eigenvalue weighted by molar-refractivity contribution is 5.85. The first-order valence-corrected chi connectivity index (χ1v) is 8.12. The molecule has 3 unspecified atom stereocenters. The van der Waals surface area contributed by atoms with Crippen molar-refractivity contribution in [3.05, 3.63) is 42.1 Å². The second kappa shape index (κ2) is 6.53. The number of rotatable bonds is 2. The van der Waals surface area contributed by atoms with Gasteiger partial charge in [0.1, 0.15) is 0 Å². The largest absolute Gasteiger partial charge is 0.327 e. The summed E-state index contributed by atoms with van der Waals surface area (Å²) in [7, 11) is 0. The molecule has 4 heteroatoms. The molecule has 2 heterocycles. The van der Waals surface area contributed by atoms with Crippen LogP contribution in [0.15, 0.2) is 36.5 Å². The van der Waals surface area contributed by atoms with Crippen molar-refractivity contribution in [3.8, 4) is 0 Å². The van der Waals surface area contributed by atoms with Crippen LogP contribution in [0.4, 0.5) is 0 Å². The molecule has 2 aromatic rings. The van der Waals surface area contributed by atoms with Crippen molar-refractivity contribution < 1.29 is 0 Å². The molecule has 0 radical (unpaired) electrons. The fourth-order valence-corrected chi connectivity index (χ4v) is 4.27. The lowest BCUT2D eigenvalue weighted by Gasteiger charge is -2.29. The van der Waals surface area contributed by atoms with Gasteiger partial charge in [0, 0.05) is 37.3 Å². The lowest BCUT2D eigenvalue weighted by atomic mass is 9.78. The second-order valence-electron chi connectivity index (χ2n) is 6.71. The quantitative estimate of drug-likeness (QED) is 0.924. The SMILES string of the molecule is Cl.NC1CCCC2CN(Cc3cccc4cccnc34)CC12. The van der Waals surface area contributed by atoms with Gasteiger partial charge in [-0.1, -0.05) is 30.7 Å². The van der Waals surface area contributed by atoms with Gasteiger partial charge in [-0.3, -0.25) is 9.88 Å². The van der Waals surface area contributed by atoms with Crippen LogP contribution in [0.1, 0.15) is 24.8 Å². The molecule has 1 aliphatic heterocycles. The zero-order valence-electron chi connectivity index (χ0n) is 12.8. The summed E-state index contributed by atoms with van der Waals surface area (Å²) in [5.41, 5.74) is 8.83. The molecule has 2 aliphatic rings. The molecular weight excluding hydrogens is 294 g/mol. The Bertz CT molecular complexity index is 640. The first kappa shape index (κ1) is 15.7. The molecule has 22 heavy (non-hydrogen) atoms. The van der Waals surface area contributed by atoms with Gasteiger partial charge in [0.25, 0.3) is 0 Å². The number of benzene rings is 1. The van der Waals surface area contributed by atoms with Gasteiger partial charge in [-0.25, -0.2) is 0 Å². The van der Waals surface area contributed by atoms with E-state index in [-0.39, 0.29) is 12.4 Å². The van der Waals surface area contributed by atoms with E-state index >= 15 is 0 Å². The number of likely N-dealkylation sites (tertiary alicyclic amines) is 1. The van der Waals surface area contributed by atoms with E-state index in [2.05, 4.69) is 34.1 Å². The number of hydrogen-bond acceptors (Lipinski definition) is 3. The van der Waals surface area contributed by atoms with Gasteiger partial charge in [-0.2, -0.15) is 0 Å². The summed E-state index contributed by atoms with van der Waals surface area (Å²) in [5, 5.41) is 1.24. The third-order valence-corrected chi connectivity index (χ3v) is 5.34. The Morgan fingerprint density at radius 3 is 2.86 bits per heavy atom. The molecule has 1 aromatic heterocycles. The Labute approximate surface area is 138 Å². The number of para-hydroxylation sites is 1. The van der Waals surface area contributed by atoms with Crippen molar-refractivity contribution in [1.82, 2.24) is 9.88 Å². The number of nitrogens with zero attached hydrogens (tertiary/aromatic N) is 2. The second-order valence-corrected chi connectivity index (χ2v) is 6.71. The van der Waals surface area contributed by atoms with E-state index in [1.807, 2.05) is 12.3 Å². The van der Waals surface area contributed by atoms with E-state index in [9.17, 15) is 0 Å². The molecule has 1 saturated carbocycles. The molecule has 2 N–H and O–H groups in total. The van der Waals surface area contributed by atoms with Gasteiger partial charge in [-0.15, -0.1) is 12.4 Å². The number of fused-ring (bicyclic) bond motifs is 2. The highest BCUT2D eigenvalue weighted by atomic mass is 35.5. The minimum absolute atomic E-state index is 0. The Morgan fingerprint density at radius 1 is 1.14 bits per heavy atom. The molecule has 118 valence electrons. The van der Waals surface area contributed by atoms with Gasteiger partial charge in [-0.05, 0) is 36.3 Å². The van der Waals surface area contributed by atoms with Gasteiger partial charge in [0.2, 0.25) is 0 Å². The van der Waals surface area contributed by atoms with E-state index in [1.165, 1.54) is 36.8 Å². The van der Waals surface area contributed by atoms with Crippen LogP contribution in [-0.2, 0) is 6.54 Å². The normalized spacial score (nSPS) is 28.3. The zero-order chi connectivity index (χ0) is 14.2. The van der Waals surface area contributed by atoms with Gasteiger partial charge in [0.05, 0.1) is 5.52 Å². The van der Waals surface area contributed by atoms with Crippen molar-refractivity contribution in [2.45, 2.75) is 31.8 Å². The molecule has 3 nitrogen and oxygen atoms in total. The number of aromatic nitrogens is 1. The Morgan fingerprint density at radius 2 is 2.00 bits per heavy atom. The average molecular weight is 318 g/mol. The average Bonchev–Trinajstić information content (AvgIpc) is 2.92. The first-order chi connectivity index (χ1) is 10.3. The van der Waals surface area contributed by atoms with Gasteiger partial charge < -0.3 is 5.73 Å². The fraction of sp³-hybridized carbons (Fsp3) is 0.500. The van der Waals surface area contributed by atoms with Gasteiger partial charge >= 0.3 is 0 Å². The molecule has 1 aliphatic carbocycles. The predicted octanol–water partition coefficient (Wildman–Crippen LogP) is 3.22. The van der Waals surface area contributed by atoms with E-state index in [0.717, 1.165) is 24.5 Å². The summed E-state index contributed by atoms with van der Waals surface area (Å²) in [6.45, 7) is 3.38. The minimum atomic E-state index is 0. The number of pyridine rings is 1. The summed E-state index contributed by atoms with van der Waals surface area (Å²) in [5.74, 6) is 1.53. The van der Waals surface area contributed by atoms with Crippen molar-refractivity contribution in [3.63, 3.8) is 0 Å². The fourth-order valence-electron chi connectivity index (χ4n) is 4.27. The molecule has 0 bridgehead atoms. The summed E-state index contributed by atoms with van der Waals surface area (Å²) < 4.78 is 0. The number of halogens is 1. The molecular formula is C18H24ClN3. The third kappa shape index (κ3) is 2.85. The third-order valence-electron chi connectivity index (χ3n) is 5.34. The highest BCUT2D eigenvalue weighted by Crippen LogP contribution is 2.36. The topological polar surface area (TPSA) is 42.1 Å². The van der Waals surface area contributed by atoms with Crippen LogP contribution in [0.2, 0.25) is 0 Å². The van der Waals surface area contributed by atoms with Crippen molar-refractivity contribution in [2.75, 3.05) is 13.1 Å². The molecule has 0 amide bonds. The zero-order valence-corrected chi connectivity index (χ0v) is 13.6.